The van der Waals surface area contributed by atoms with E-state index in [0.717, 1.165) is 0 Å². The zero-order valence-corrected chi connectivity index (χ0v) is 11.9. The lowest BCUT2D eigenvalue weighted by molar-refractivity contribution is -0.142. The van der Waals surface area contributed by atoms with E-state index in [9.17, 15) is 9.59 Å². The maximum absolute atomic E-state index is 12.3. The van der Waals surface area contributed by atoms with Crippen LogP contribution in [0.15, 0.2) is 6.07 Å². The molecule has 0 aromatic carbocycles. The summed E-state index contributed by atoms with van der Waals surface area (Å²) in [5.41, 5.74) is 0.0743. The third kappa shape index (κ3) is 2.84. The average molecular weight is 320 g/mol. The van der Waals surface area contributed by atoms with Crippen molar-refractivity contribution >= 4 is 35.1 Å². The SMILES string of the molecule is CN(C(=O)c1cc(Cl)nnc1Cl)C1COCC1C(=O)O. The molecule has 1 amide bonds. The van der Waals surface area contributed by atoms with Crippen LogP contribution in [0.2, 0.25) is 10.3 Å². The van der Waals surface area contributed by atoms with Gasteiger partial charge in [0.1, 0.15) is 5.92 Å². The molecule has 0 radical (unpaired) electrons. The van der Waals surface area contributed by atoms with Crippen LogP contribution >= 0.6 is 23.2 Å². The lowest BCUT2D eigenvalue weighted by atomic mass is 10.0. The predicted molar refractivity (Wildman–Crippen MR) is 69.9 cm³/mol. The number of halogens is 2. The zero-order chi connectivity index (χ0) is 14.9. The number of hydrogen-bond donors (Lipinski definition) is 1. The number of ether oxygens (including phenoxy) is 1. The number of nitrogens with zero attached hydrogens (tertiary/aromatic N) is 3. The first-order valence-electron chi connectivity index (χ1n) is 5.68. The van der Waals surface area contributed by atoms with Crippen molar-refractivity contribution in [1.29, 1.82) is 0 Å². The zero-order valence-electron chi connectivity index (χ0n) is 10.4. The fraction of sp³-hybridized carbons (Fsp3) is 0.455. The van der Waals surface area contributed by atoms with Crippen LogP contribution in [0.5, 0.6) is 0 Å². The van der Waals surface area contributed by atoms with Gasteiger partial charge in [0.05, 0.1) is 24.8 Å². The number of carbonyl (C=O) groups is 2. The molecule has 2 heterocycles. The predicted octanol–water partition coefficient (Wildman–Crippen LogP) is 0.955. The van der Waals surface area contributed by atoms with Gasteiger partial charge in [-0.15, -0.1) is 10.2 Å². The summed E-state index contributed by atoms with van der Waals surface area (Å²) in [5, 5.41) is 16.1. The van der Waals surface area contributed by atoms with Gasteiger partial charge in [-0.1, -0.05) is 23.2 Å². The highest BCUT2D eigenvalue weighted by Crippen LogP contribution is 2.23. The highest BCUT2D eigenvalue weighted by atomic mass is 35.5. The minimum Gasteiger partial charge on any atom is -0.481 e. The largest absolute Gasteiger partial charge is 0.481 e. The van der Waals surface area contributed by atoms with E-state index in [0.29, 0.717) is 0 Å². The smallest absolute Gasteiger partial charge is 0.311 e. The Balaban J connectivity index is 2.24. The summed E-state index contributed by atoms with van der Waals surface area (Å²) in [5.74, 6) is -2.26. The molecule has 2 atom stereocenters. The molecular weight excluding hydrogens is 309 g/mol. The Hall–Kier alpha value is -1.44. The fourth-order valence-electron chi connectivity index (χ4n) is 2.00. The first-order valence-corrected chi connectivity index (χ1v) is 6.44. The van der Waals surface area contributed by atoms with Crippen molar-refractivity contribution in [2.24, 2.45) is 5.92 Å². The first kappa shape index (κ1) is 15.0. The third-order valence-electron chi connectivity index (χ3n) is 3.13. The summed E-state index contributed by atoms with van der Waals surface area (Å²) in [6.45, 7) is 0.226. The number of aliphatic carboxylic acids is 1. The molecule has 1 aliphatic rings. The highest BCUT2D eigenvalue weighted by Gasteiger charge is 2.39. The van der Waals surface area contributed by atoms with Crippen molar-refractivity contribution in [3.63, 3.8) is 0 Å². The number of hydrogen-bond acceptors (Lipinski definition) is 5. The molecule has 1 fully saturated rings. The molecular formula is C11H11Cl2N3O4. The Labute approximate surface area is 124 Å². The second-order valence-electron chi connectivity index (χ2n) is 4.34. The van der Waals surface area contributed by atoms with Crippen LogP contribution in [0.25, 0.3) is 0 Å². The molecule has 20 heavy (non-hydrogen) atoms. The Bertz CT molecular complexity index is 554. The van der Waals surface area contributed by atoms with E-state index in [1.54, 1.807) is 0 Å². The van der Waals surface area contributed by atoms with Crippen molar-refractivity contribution in [1.82, 2.24) is 15.1 Å². The molecule has 1 saturated heterocycles. The Morgan fingerprint density at radius 1 is 1.40 bits per heavy atom. The fourth-order valence-corrected chi connectivity index (χ4v) is 2.32. The monoisotopic (exact) mass is 319 g/mol. The number of aromatic nitrogens is 2. The topological polar surface area (TPSA) is 92.6 Å². The molecule has 1 aromatic heterocycles. The molecule has 1 aliphatic heterocycles. The van der Waals surface area contributed by atoms with Crippen LogP contribution < -0.4 is 0 Å². The Morgan fingerprint density at radius 2 is 2.10 bits per heavy atom. The maximum Gasteiger partial charge on any atom is 0.311 e. The summed E-state index contributed by atoms with van der Waals surface area (Å²) < 4.78 is 5.13. The molecule has 0 bridgehead atoms. The van der Waals surface area contributed by atoms with Crippen LogP contribution in [-0.2, 0) is 9.53 Å². The summed E-state index contributed by atoms with van der Waals surface area (Å²) in [6.07, 6.45) is 0. The third-order valence-corrected chi connectivity index (χ3v) is 3.60. The maximum atomic E-state index is 12.3. The molecule has 9 heteroatoms. The Kier molecular flexibility index (Phi) is 4.42. The lowest BCUT2D eigenvalue weighted by Gasteiger charge is -2.26. The van der Waals surface area contributed by atoms with Crippen LogP contribution in [0.3, 0.4) is 0 Å². The van der Waals surface area contributed by atoms with E-state index in [2.05, 4.69) is 10.2 Å². The lowest BCUT2D eigenvalue weighted by Crippen LogP contribution is -2.44. The number of likely N-dealkylation sites (N-methyl/N-ethyl adjacent to an activating group) is 1. The van der Waals surface area contributed by atoms with E-state index in [1.165, 1.54) is 18.0 Å². The van der Waals surface area contributed by atoms with E-state index in [1.807, 2.05) is 0 Å². The first-order chi connectivity index (χ1) is 9.41. The quantitative estimate of drug-likeness (QED) is 0.891. The van der Waals surface area contributed by atoms with Gasteiger partial charge in [-0.2, -0.15) is 0 Å². The van der Waals surface area contributed by atoms with Crippen molar-refractivity contribution in [2.45, 2.75) is 6.04 Å². The van der Waals surface area contributed by atoms with Crippen LogP contribution in [0.1, 0.15) is 10.4 Å². The normalized spacial score (nSPS) is 21.8. The van der Waals surface area contributed by atoms with E-state index in [4.69, 9.17) is 33.0 Å². The molecule has 7 nitrogen and oxygen atoms in total. The van der Waals surface area contributed by atoms with Gasteiger partial charge >= 0.3 is 5.97 Å². The Morgan fingerprint density at radius 3 is 2.75 bits per heavy atom. The van der Waals surface area contributed by atoms with E-state index < -0.39 is 23.8 Å². The molecule has 0 aliphatic carbocycles. The summed E-state index contributed by atoms with van der Waals surface area (Å²) >= 11 is 11.5. The average Bonchev–Trinajstić information content (AvgIpc) is 2.89. The van der Waals surface area contributed by atoms with E-state index in [-0.39, 0.29) is 29.1 Å². The molecule has 108 valence electrons. The number of carboxylic acid groups (broad SMARTS) is 1. The summed E-state index contributed by atoms with van der Waals surface area (Å²) in [6, 6.07) is 0.726. The van der Waals surface area contributed by atoms with Crippen molar-refractivity contribution in [3.05, 3.63) is 21.9 Å². The van der Waals surface area contributed by atoms with Crippen LogP contribution in [0, 0.1) is 5.92 Å². The van der Waals surface area contributed by atoms with Crippen LogP contribution in [0.4, 0.5) is 0 Å². The number of carbonyl (C=O) groups excluding carboxylic acids is 1. The summed E-state index contributed by atoms with van der Waals surface area (Å²) in [4.78, 5) is 24.7. The molecule has 0 saturated carbocycles. The van der Waals surface area contributed by atoms with Gasteiger partial charge in [-0.3, -0.25) is 9.59 Å². The minimum atomic E-state index is -1.01. The standard InChI is InChI=1S/C11H11Cl2N3O4/c1-16(7-4-20-3-6(7)11(18)19)10(17)5-2-8(12)14-15-9(5)13/h2,6-7H,3-4H2,1H3,(H,18,19). The molecule has 1 N–H and O–H groups in total. The van der Waals surface area contributed by atoms with Gasteiger partial charge in [-0.05, 0) is 6.07 Å². The molecule has 2 rings (SSSR count). The van der Waals surface area contributed by atoms with Gasteiger partial charge in [0.15, 0.2) is 10.3 Å². The number of rotatable bonds is 3. The number of carboxylic acids is 1. The van der Waals surface area contributed by atoms with Gasteiger partial charge in [0, 0.05) is 7.05 Å². The molecule has 2 unspecified atom stereocenters. The number of amides is 1. The van der Waals surface area contributed by atoms with Gasteiger partial charge in [0.2, 0.25) is 0 Å². The van der Waals surface area contributed by atoms with Gasteiger partial charge in [0.25, 0.3) is 5.91 Å². The summed E-state index contributed by atoms with van der Waals surface area (Å²) in [7, 11) is 1.49. The second kappa shape index (κ2) is 5.90. The van der Waals surface area contributed by atoms with Crippen molar-refractivity contribution in [2.75, 3.05) is 20.3 Å². The van der Waals surface area contributed by atoms with Gasteiger partial charge < -0.3 is 14.7 Å². The van der Waals surface area contributed by atoms with E-state index >= 15 is 0 Å². The van der Waals surface area contributed by atoms with Crippen molar-refractivity contribution in [3.8, 4) is 0 Å². The molecule has 1 aromatic rings. The highest BCUT2D eigenvalue weighted by molar-refractivity contribution is 6.34. The second-order valence-corrected chi connectivity index (χ2v) is 5.08. The molecule has 0 spiro atoms. The minimum absolute atomic E-state index is 0.0311. The van der Waals surface area contributed by atoms with Gasteiger partial charge in [-0.25, -0.2) is 0 Å². The van der Waals surface area contributed by atoms with Crippen molar-refractivity contribution < 1.29 is 19.4 Å². The van der Waals surface area contributed by atoms with Crippen LogP contribution in [-0.4, -0.2) is 58.4 Å².